The summed E-state index contributed by atoms with van der Waals surface area (Å²) in [7, 11) is 0. The van der Waals surface area contributed by atoms with Gasteiger partial charge >= 0.3 is 0 Å². The highest BCUT2D eigenvalue weighted by Gasteiger charge is 2.49. The molecule has 2 aromatic rings. The summed E-state index contributed by atoms with van der Waals surface area (Å²) in [4.78, 5) is 11.7. The van der Waals surface area contributed by atoms with Crippen LogP contribution in [0.2, 0.25) is 0 Å². The molecular weight excluding hydrogens is 356 g/mol. The van der Waals surface area contributed by atoms with Gasteiger partial charge in [0.15, 0.2) is 0 Å². The molecule has 27 heavy (non-hydrogen) atoms. The maximum atomic E-state index is 12.1. The van der Waals surface area contributed by atoms with Crippen molar-refractivity contribution in [2.75, 3.05) is 0 Å². The molecule has 0 saturated carbocycles. The highest BCUT2D eigenvalue weighted by Crippen LogP contribution is 2.46. The molecule has 0 radical (unpaired) electrons. The number of terminal acetylenes is 2. The minimum Gasteiger partial charge on any atom is -0.401 e. The summed E-state index contributed by atoms with van der Waals surface area (Å²) < 4.78 is 0. The lowest BCUT2D eigenvalue weighted by molar-refractivity contribution is -0.433. The first-order valence-corrected chi connectivity index (χ1v) is 8.62. The zero-order valence-electron chi connectivity index (χ0n) is 14.3. The zero-order valence-corrected chi connectivity index (χ0v) is 15.2. The van der Waals surface area contributed by atoms with Gasteiger partial charge in [-0.3, -0.25) is 10.1 Å². The van der Waals surface area contributed by atoms with E-state index in [2.05, 4.69) is 24.5 Å². The van der Waals surface area contributed by atoms with Crippen LogP contribution in [-0.2, 0) is 5.41 Å². The van der Waals surface area contributed by atoms with Gasteiger partial charge in [0, 0.05) is 22.9 Å². The molecule has 2 aromatic carbocycles. The van der Waals surface area contributed by atoms with Crippen LogP contribution < -0.4 is 5.73 Å². The van der Waals surface area contributed by atoms with Gasteiger partial charge in [-0.15, -0.1) is 12.8 Å². The molecule has 1 aliphatic rings. The normalized spacial score (nSPS) is 17.8. The van der Waals surface area contributed by atoms with Crippen LogP contribution in [0.15, 0.2) is 72.1 Å². The molecule has 0 aliphatic heterocycles. The molecule has 132 valence electrons. The molecule has 0 spiro atoms. The lowest BCUT2D eigenvalue weighted by Gasteiger charge is -2.34. The monoisotopic (exact) mass is 372 g/mol. The Labute approximate surface area is 163 Å². The number of nitrogens with two attached hydrogens (primary N) is 1. The van der Waals surface area contributed by atoms with Gasteiger partial charge in [-0.2, -0.15) is 12.6 Å². The van der Waals surface area contributed by atoms with Crippen molar-refractivity contribution in [1.29, 1.82) is 0 Å². The topological polar surface area (TPSA) is 69.2 Å². The Morgan fingerprint density at radius 3 is 1.96 bits per heavy atom. The number of nitrogens with zero attached hydrogens (tertiary/aromatic N) is 1. The standard InChI is InChI=1S/C22H16N2O2S/c1-3-15-9-5-7-11-17(15)22(18-12-8-6-10-16(18)4-2)14-19(23)20(27)13-21(22)24(25)26/h1-2,5-14,20,27H,23H2. The van der Waals surface area contributed by atoms with Gasteiger partial charge in [0.25, 0.3) is 5.70 Å². The van der Waals surface area contributed by atoms with Gasteiger partial charge in [0.2, 0.25) is 0 Å². The Kier molecular flexibility index (Phi) is 4.81. The van der Waals surface area contributed by atoms with Crippen molar-refractivity contribution in [2.45, 2.75) is 10.7 Å². The molecule has 5 heteroatoms. The highest BCUT2D eigenvalue weighted by molar-refractivity contribution is 7.81. The van der Waals surface area contributed by atoms with Crippen molar-refractivity contribution >= 4 is 12.6 Å². The van der Waals surface area contributed by atoms with E-state index >= 15 is 0 Å². The van der Waals surface area contributed by atoms with Crippen molar-refractivity contribution < 1.29 is 4.92 Å². The summed E-state index contributed by atoms with van der Waals surface area (Å²) in [6.45, 7) is 0. The Morgan fingerprint density at radius 1 is 1.04 bits per heavy atom. The third-order valence-electron chi connectivity index (χ3n) is 4.66. The second-order valence-electron chi connectivity index (χ2n) is 6.09. The molecule has 4 nitrogen and oxygen atoms in total. The van der Waals surface area contributed by atoms with E-state index in [0.29, 0.717) is 28.0 Å². The van der Waals surface area contributed by atoms with Gasteiger partial charge in [-0.25, -0.2) is 0 Å². The maximum Gasteiger partial charge on any atom is 0.262 e. The van der Waals surface area contributed by atoms with E-state index < -0.39 is 15.6 Å². The largest absolute Gasteiger partial charge is 0.401 e. The van der Waals surface area contributed by atoms with Crippen LogP contribution in [0.5, 0.6) is 0 Å². The van der Waals surface area contributed by atoms with Crippen molar-refractivity contribution in [2.24, 2.45) is 5.73 Å². The van der Waals surface area contributed by atoms with Crippen LogP contribution in [0.3, 0.4) is 0 Å². The summed E-state index contributed by atoms with van der Waals surface area (Å²) in [6, 6.07) is 14.1. The van der Waals surface area contributed by atoms with Crippen molar-refractivity contribution in [3.8, 4) is 24.7 Å². The summed E-state index contributed by atoms with van der Waals surface area (Å²) >= 11 is 4.36. The molecule has 1 unspecified atom stereocenters. The van der Waals surface area contributed by atoms with Gasteiger partial charge in [-0.1, -0.05) is 48.2 Å². The molecule has 0 aromatic heterocycles. The molecule has 1 atom stereocenters. The highest BCUT2D eigenvalue weighted by atomic mass is 32.1. The molecule has 0 fully saturated rings. The van der Waals surface area contributed by atoms with E-state index in [1.54, 1.807) is 54.6 Å². The minimum absolute atomic E-state index is 0.0814. The first-order valence-electron chi connectivity index (χ1n) is 8.11. The van der Waals surface area contributed by atoms with E-state index in [0.717, 1.165) is 0 Å². The Hall–Kier alpha value is -3.41. The molecule has 2 N–H and O–H groups in total. The molecule has 1 aliphatic carbocycles. The lowest BCUT2D eigenvalue weighted by atomic mass is 9.66. The molecular formula is C22H16N2O2S. The Bertz CT molecular complexity index is 1010. The molecule has 0 bridgehead atoms. The smallest absolute Gasteiger partial charge is 0.262 e. The first kappa shape index (κ1) is 18.4. The third-order valence-corrected chi connectivity index (χ3v) is 5.10. The fourth-order valence-electron chi connectivity index (χ4n) is 3.47. The van der Waals surface area contributed by atoms with E-state index in [-0.39, 0.29) is 5.70 Å². The van der Waals surface area contributed by atoms with Crippen LogP contribution in [0.1, 0.15) is 22.3 Å². The number of hydrogen-bond donors (Lipinski definition) is 2. The summed E-state index contributed by atoms with van der Waals surface area (Å²) in [5, 5.41) is 11.5. The van der Waals surface area contributed by atoms with Crippen LogP contribution in [0, 0.1) is 34.8 Å². The summed E-state index contributed by atoms with van der Waals surface area (Å²) in [5.41, 5.74) is 7.37. The van der Waals surface area contributed by atoms with Crippen molar-refractivity contribution in [1.82, 2.24) is 0 Å². The first-order chi connectivity index (χ1) is 13.0. The van der Waals surface area contributed by atoms with Gasteiger partial charge in [-0.05, 0) is 29.3 Å². The fraction of sp³-hybridized carbons (Fsp3) is 0.0909. The minimum atomic E-state index is -1.32. The molecule has 0 amide bonds. The molecule has 0 saturated heterocycles. The average molecular weight is 372 g/mol. The van der Waals surface area contributed by atoms with Crippen LogP contribution in [0.25, 0.3) is 0 Å². The zero-order chi connectivity index (χ0) is 19.6. The second kappa shape index (κ2) is 7.07. The Balaban J connectivity index is 2.53. The number of rotatable bonds is 3. The second-order valence-corrected chi connectivity index (χ2v) is 6.64. The lowest BCUT2D eigenvalue weighted by Crippen LogP contribution is -2.38. The van der Waals surface area contributed by atoms with Crippen molar-refractivity contribution in [3.63, 3.8) is 0 Å². The van der Waals surface area contributed by atoms with E-state index in [1.165, 1.54) is 6.08 Å². The third kappa shape index (κ3) is 2.89. The number of nitro groups is 1. The van der Waals surface area contributed by atoms with E-state index in [9.17, 15) is 10.1 Å². The average Bonchev–Trinajstić information content (AvgIpc) is 2.69. The molecule has 0 heterocycles. The number of allylic oxidation sites excluding steroid dienone is 1. The van der Waals surface area contributed by atoms with E-state index in [1.807, 2.05) is 0 Å². The van der Waals surface area contributed by atoms with Crippen LogP contribution in [-0.4, -0.2) is 10.2 Å². The summed E-state index contributed by atoms with van der Waals surface area (Å²) in [5.74, 6) is 5.24. The summed E-state index contributed by atoms with van der Waals surface area (Å²) in [6.07, 6.45) is 14.5. The predicted molar refractivity (Wildman–Crippen MR) is 110 cm³/mol. The molecule has 3 rings (SSSR count). The SMILES string of the molecule is C#Cc1ccccc1C1(c2ccccc2C#C)C=C(N)C(S)C=C1[N+](=O)[O-]. The quantitative estimate of drug-likeness (QED) is 0.376. The predicted octanol–water partition coefficient (Wildman–Crippen LogP) is 3.25. The van der Waals surface area contributed by atoms with Crippen LogP contribution in [0.4, 0.5) is 0 Å². The number of thiol groups is 1. The number of benzene rings is 2. The van der Waals surface area contributed by atoms with Crippen LogP contribution >= 0.6 is 12.6 Å². The van der Waals surface area contributed by atoms with Gasteiger partial charge in [0.1, 0.15) is 5.41 Å². The van der Waals surface area contributed by atoms with Gasteiger partial charge in [0.05, 0.1) is 10.2 Å². The number of hydrogen-bond acceptors (Lipinski definition) is 4. The maximum absolute atomic E-state index is 12.1. The fourth-order valence-corrected chi connectivity index (χ4v) is 3.69. The van der Waals surface area contributed by atoms with Gasteiger partial charge < -0.3 is 5.73 Å². The Morgan fingerprint density at radius 2 is 1.52 bits per heavy atom. The van der Waals surface area contributed by atoms with E-state index in [4.69, 9.17) is 18.6 Å². The van der Waals surface area contributed by atoms with Crippen molar-refractivity contribution in [3.05, 3.63) is 104 Å².